The van der Waals surface area contributed by atoms with Gasteiger partial charge in [-0.2, -0.15) is 0 Å². The molecule has 0 radical (unpaired) electrons. The summed E-state index contributed by atoms with van der Waals surface area (Å²) in [7, 11) is -4.10. The van der Waals surface area contributed by atoms with Gasteiger partial charge < -0.3 is 5.32 Å². The maximum absolute atomic E-state index is 13.9. The van der Waals surface area contributed by atoms with Gasteiger partial charge in [0.2, 0.25) is 5.91 Å². The van der Waals surface area contributed by atoms with Crippen molar-refractivity contribution < 1.29 is 17.6 Å². The third-order valence-corrected chi connectivity index (χ3v) is 7.07. The van der Waals surface area contributed by atoms with E-state index in [1.54, 1.807) is 24.3 Å². The summed E-state index contributed by atoms with van der Waals surface area (Å²) in [4.78, 5) is 13.7. The third-order valence-electron chi connectivity index (χ3n) is 4.54. The molecule has 0 saturated heterocycles. The van der Waals surface area contributed by atoms with Gasteiger partial charge in [0.1, 0.15) is 12.4 Å². The van der Waals surface area contributed by atoms with E-state index in [-0.39, 0.29) is 10.6 Å². The molecule has 31 heavy (non-hydrogen) atoms. The number of benzene rings is 3. The number of aryl methyl sites for hydroxylation is 2. The fourth-order valence-electron chi connectivity index (χ4n) is 3.20. The highest BCUT2D eigenvalue weighted by Gasteiger charge is 2.27. The number of hydrogen-bond donors (Lipinski definition) is 1. The first kappa shape index (κ1) is 22.8. The van der Waals surface area contributed by atoms with E-state index in [1.807, 2.05) is 26.2 Å². The molecule has 0 aliphatic carbocycles. The summed E-state index contributed by atoms with van der Waals surface area (Å²) >= 11 is 1.49. The van der Waals surface area contributed by atoms with Crippen LogP contribution in [-0.4, -0.2) is 27.1 Å². The summed E-state index contributed by atoms with van der Waals surface area (Å²) in [6.07, 6.45) is 1.89. The molecule has 0 saturated carbocycles. The van der Waals surface area contributed by atoms with Gasteiger partial charge >= 0.3 is 0 Å². The van der Waals surface area contributed by atoms with Crippen LogP contribution in [0.5, 0.6) is 0 Å². The molecule has 0 aliphatic rings. The van der Waals surface area contributed by atoms with E-state index in [1.165, 1.54) is 42.1 Å². The second-order valence-electron chi connectivity index (χ2n) is 7.09. The normalized spacial score (nSPS) is 11.2. The van der Waals surface area contributed by atoms with Crippen molar-refractivity contribution in [2.45, 2.75) is 23.6 Å². The number of amides is 1. The average Bonchev–Trinajstić information content (AvgIpc) is 2.71. The molecule has 3 rings (SSSR count). The Morgan fingerprint density at radius 2 is 1.65 bits per heavy atom. The zero-order valence-corrected chi connectivity index (χ0v) is 19.1. The average molecular weight is 459 g/mol. The highest BCUT2D eigenvalue weighted by atomic mass is 32.2. The number of rotatable bonds is 7. The van der Waals surface area contributed by atoms with Gasteiger partial charge in [0.05, 0.1) is 10.6 Å². The van der Waals surface area contributed by atoms with Crippen LogP contribution in [0.25, 0.3) is 0 Å². The second kappa shape index (κ2) is 9.53. The second-order valence-corrected chi connectivity index (χ2v) is 9.83. The van der Waals surface area contributed by atoms with Crippen LogP contribution in [0.1, 0.15) is 11.1 Å². The van der Waals surface area contributed by atoms with Crippen molar-refractivity contribution in [1.82, 2.24) is 0 Å². The van der Waals surface area contributed by atoms with Gasteiger partial charge in [-0.05, 0) is 85.8 Å². The van der Waals surface area contributed by atoms with E-state index in [9.17, 15) is 17.6 Å². The Hall–Kier alpha value is -2.84. The lowest BCUT2D eigenvalue weighted by molar-refractivity contribution is -0.114. The molecule has 0 heterocycles. The summed E-state index contributed by atoms with van der Waals surface area (Å²) in [6.45, 7) is 3.32. The summed E-state index contributed by atoms with van der Waals surface area (Å²) in [6, 6.07) is 17.1. The van der Waals surface area contributed by atoms with E-state index in [2.05, 4.69) is 5.32 Å². The van der Waals surface area contributed by atoms with E-state index in [0.29, 0.717) is 5.69 Å². The van der Waals surface area contributed by atoms with Crippen molar-refractivity contribution in [3.8, 4) is 0 Å². The first-order valence-electron chi connectivity index (χ1n) is 9.49. The standard InChI is InChI=1S/C23H23FN2O3S2/c1-16-11-17(2)13-19(12-16)25-23(27)15-26(20-6-4-5-18(24)14-20)31(28,29)22-9-7-21(30-3)8-10-22/h4-14H,15H2,1-3H3,(H,25,27). The minimum absolute atomic E-state index is 0.0220. The SMILES string of the molecule is CSc1ccc(S(=O)(=O)N(CC(=O)Nc2cc(C)cc(C)c2)c2cccc(F)c2)cc1. The number of halogens is 1. The first-order chi connectivity index (χ1) is 14.7. The molecule has 1 N–H and O–H groups in total. The predicted octanol–water partition coefficient (Wildman–Crippen LogP) is 5.00. The number of nitrogens with one attached hydrogen (secondary N) is 1. The molecular formula is C23H23FN2O3S2. The fourth-order valence-corrected chi connectivity index (χ4v) is 5.02. The maximum Gasteiger partial charge on any atom is 0.264 e. The van der Waals surface area contributed by atoms with Crippen molar-refractivity contribution >= 4 is 39.1 Å². The summed E-state index contributed by atoms with van der Waals surface area (Å²) in [5, 5.41) is 2.74. The quantitative estimate of drug-likeness (QED) is 0.506. The van der Waals surface area contributed by atoms with Crippen molar-refractivity contribution in [1.29, 1.82) is 0 Å². The van der Waals surface area contributed by atoms with E-state index in [0.717, 1.165) is 26.4 Å². The number of anilines is 2. The molecule has 0 spiro atoms. The molecule has 0 unspecified atom stereocenters. The number of nitrogens with zero attached hydrogens (tertiary/aromatic N) is 1. The number of carbonyl (C=O) groups excluding carboxylic acids is 1. The van der Waals surface area contributed by atoms with Crippen molar-refractivity contribution in [3.05, 3.63) is 83.7 Å². The van der Waals surface area contributed by atoms with Crippen LogP contribution in [0.4, 0.5) is 15.8 Å². The van der Waals surface area contributed by atoms with Gasteiger partial charge in [0, 0.05) is 10.6 Å². The molecular weight excluding hydrogens is 435 g/mol. The molecule has 0 aliphatic heterocycles. The van der Waals surface area contributed by atoms with Gasteiger partial charge in [0.15, 0.2) is 0 Å². The van der Waals surface area contributed by atoms with Crippen molar-refractivity contribution in [3.63, 3.8) is 0 Å². The topological polar surface area (TPSA) is 66.5 Å². The maximum atomic E-state index is 13.9. The minimum atomic E-state index is -4.10. The molecule has 5 nitrogen and oxygen atoms in total. The summed E-state index contributed by atoms with van der Waals surface area (Å²) in [5.74, 6) is -1.12. The van der Waals surface area contributed by atoms with Crippen molar-refractivity contribution in [2.75, 3.05) is 22.4 Å². The van der Waals surface area contributed by atoms with Crippen LogP contribution < -0.4 is 9.62 Å². The van der Waals surface area contributed by atoms with E-state index < -0.39 is 28.3 Å². The van der Waals surface area contributed by atoms with Gasteiger partial charge in [-0.25, -0.2) is 12.8 Å². The van der Waals surface area contributed by atoms with Gasteiger partial charge in [0.25, 0.3) is 10.0 Å². The number of thioether (sulfide) groups is 1. The predicted molar refractivity (Wildman–Crippen MR) is 124 cm³/mol. The van der Waals surface area contributed by atoms with Crippen LogP contribution in [0, 0.1) is 19.7 Å². The Kier molecular flexibility index (Phi) is 7.02. The molecule has 0 bridgehead atoms. The Morgan fingerprint density at radius 1 is 1.00 bits per heavy atom. The highest BCUT2D eigenvalue weighted by molar-refractivity contribution is 7.98. The molecule has 8 heteroatoms. The van der Waals surface area contributed by atoms with Crippen LogP contribution in [0.2, 0.25) is 0 Å². The van der Waals surface area contributed by atoms with E-state index >= 15 is 0 Å². The number of hydrogen-bond acceptors (Lipinski definition) is 4. The van der Waals surface area contributed by atoms with Gasteiger partial charge in [-0.15, -0.1) is 11.8 Å². The fraction of sp³-hybridized carbons (Fsp3) is 0.174. The zero-order valence-electron chi connectivity index (χ0n) is 17.4. The third kappa shape index (κ3) is 5.65. The van der Waals surface area contributed by atoms with Crippen LogP contribution in [0.3, 0.4) is 0 Å². The van der Waals surface area contributed by atoms with Crippen molar-refractivity contribution in [2.24, 2.45) is 0 Å². The lowest BCUT2D eigenvalue weighted by Gasteiger charge is -2.24. The van der Waals surface area contributed by atoms with E-state index in [4.69, 9.17) is 0 Å². The smallest absolute Gasteiger partial charge is 0.264 e. The summed E-state index contributed by atoms with van der Waals surface area (Å²) in [5.41, 5.74) is 2.59. The molecule has 0 aromatic heterocycles. The Morgan fingerprint density at radius 3 is 2.23 bits per heavy atom. The van der Waals surface area contributed by atoms with Gasteiger partial charge in [-0.1, -0.05) is 12.1 Å². The molecule has 0 fully saturated rings. The molecule has 1 amide bonds. The first-order valence-corrected chi connectivity index (χ1v) is 12.2. The Labute approximate surface area is 186 Å². The number of sulfonamides is 1. The largest absolute Gasteiger partial charge is 0.324 e. The molecule has 3 aromatic carbocycles. The van der Waals surface area contributed by atoms with Crippen LogP contribution >= 0.6 is 11.8 Å². The lowest BCUT2D eigenvalue weighted by atomic mass is 10.1. The number of carbonyl (C=O) groups is 1. The molecule has 0 atom stereocenters. The summed E-state index contributed by atoms with van der Waals surface area (Å²) < 4.78 is 41.5. The van der Waals surface area contributed by atoms with Crippen LogP contribution in [0.15, 0.2) is 76.5 Å². The zero-order chi connectivity index (χ0) is 22.6. The highest BCUT2D eigenvalue weighted by Crippen LogP contribution is 2.26. The van der Waals surface area contributed by atoms with Crippen LogP contribution in [-0.2, 0) is 14.8 Å². The monoisotopic (exact) mass is 458 g/mol. The Balaban J connectivity index is 1.95. The molecule has 162 valence electrons. The molecule has 3 aromatic rings. The Bertz CT molecular complexity index is 1180. The minimum Gasteiger partial charge on any atom is -0.324 e. The lowest BCUT2D eigenvalue weighted by Crippen LogP contribution is -2.38. The van der Waals surface area contributed by atoms with Gasteiger partial charge in [-0.3, -0.25) is 9.10 Å².